The Hall–Kier alpha value is -4.18. The maximum absolute atomic E-state index is 12.5. The molecular formula is C25H24N6O3S. The molecule has 35 heavy (non-hydrogen) atoms. The summed E-state index contributed by atoms with van der Waals surface area (Å²) in [5, 5.41) is 18.0. The number of benzene rings is 3. The van der Waals surface area contributed by atoms with Crippen molar-refractivity contribution in [3.63, 3.8) is 0 Å². The number of aromatic nitrogens is 4. The number of nitrogens with zero attached hydrogens (tertiary/aromatic N) is 4. The first-order valence-electron chi connectivity index (χ1n) is 10.9. The number of ether oxygens (including phenoxy) is 1. The van der Waals surface area contributed by atoms with Gasteiger partial charge in [-0.25, -0.2) is 0 Å². The zero-order valence-corrected chi connectivity index (χ0v) is 20.1. The molecule has 4 aromatic rings. The van der Waals surface area contributed by atoms with Crippen molar-refractivity contribution in [3.8, 4) is 11.4 Å². The lowest BCUT2D eigenvalue weighted by Crippen LogP contribution is -2.15. The van der Waals surface area contributed by atoms with Gasteiger partial charge in [-0.1, -0.05) is 30.0 Å². The van der Waals surface area contributed by atoms with Crippen LogP contribution in [0.5, 0.6) is 5.75 Å². The third kappa shape index (κ3) is 6.24. The number of carbonyl (C=O) groups is 2. The molecular weight excluding hydrogens is 464 g/mol. The molecule has 0 radical (unpaired) electrons. The van der Waals surface area contributed by atoms with Crippen molar-refractivity contribution in [3.05, 3.63) is 83.9 Å². The van der Waals surface area contributed by atoms with E-state index in [0.717, 1.165) is 17.0 Å². The van der Waals surface area contributed by atoms with E-state index in [1.165, 1.54) is 11.8 Å². The van der Waals surface area contributed by atoms with Crippen LogP contribution in [0.4, 0.5) is 11.4 Å². The van der Waals surface area contributed by atoms with Crippen LogP contribution in [0.1, 0.15) is 22.8 Å². The lowest BCUT2D eigenvalue weighted by atomic mass is 10.2. The van der Waals surface area contributed by atoms with Crippen LogP contribution in [0, 0.1) is 6.92 Å². The molecule has 4 rings (SSSR count). The molecule has 0 aliphatic heterocycles. The Morgan fingerprint density at radius 2 is 1.63 bits per heavy atom. The molecule has 0 atom stereocenters. The third-order valence-electron chi connectivity index (χ3n) is 4.97. The molecule has 0 aliphatic carbocycles. The SMILES string of the molecule is CCOc1ccc(NC(=O)c2ccc(NC(=O)CSc3nnnn3-c3ccccc3C)cc2)cc1. The lowest BCUT2D eigenvalue weighted by molar-refractivity contribution is -0.113. The molecule has 0 aliphatic rings. The van der Waals surface area contributed by atoms with E-state index in [-0.39, 0.29) is 17.6 Å². The number of tetrazole rings is 1. The van der Waals surface area contributed by atoms with Gasteiger partial charge in [0, 0.05) is 16.9 Å². The number of para-hydroxylation sites is 1. The number of anilines is 2. The molecule has 178 valence electrons. The number of nitrogens with one attached hydrogen (secondary N) is 2. The highest BCUT2D eigenvalue weighted by atomic mass is 32.2. The van der Waals surface area contributed by atoms with E-state index in [0.29, 0.717) is 28.7 Å². The summed E-state index contributed by atoms with van der Waals surface area (Å²) in [4.78, 5) is 25.0. The van der Waals surface area contributed by atoms with Gasteiger partial charge in [-0.05, 0) is 84.4 Å². The smallest absolute Gasteiger partial charge is 0.255 e. The predicted molar refractivity (Wildman–Crippen MR) is 135 cm³/mol. The second-order valence-corrected chi connectivity index (χ2v) is 8.43. The van der Waals surface area contributed by atoms with Gasteiger partial charge in [0.1, 0.15) is 5.75 Å². The van der Waals surface area contributed by atoms with Crippen molar-refractivity contribution in [1.29, 1.82) is 0 Å². The predicted octanol–water partition coefficient (Wildman–Crippen LogP) is 4.35. The average molecular weight is 489 g/mol. The fraction of sp³-hybridized carbons (Fsp3) is 0.160. The zero-order valence-electron chi connectivity index (χ0n) is 19.3. The van der Waals surface area contributed by atoms with Crippen molar-refractivity contribution in [1.82, 2.24) is 20.2 Å². The minimum Gasteiger partial charge on any atom is -0.494 e. The van der Waals surface area contributed by atoms with E-state index < -0.39 is 0 Å². The summed E-state index contributed by atoms with van der Waals surface area (Å²) in [6.45, 7) is 4.47. The summed E-state index contributed by atoms with van der Waals surface area (Å²) < 4.78 is 7.02. The zero-order chi connectivity index (χ0) is 24.6. The molecule has 3 aromatic carbocycles. The number of carbonyl (C=O) groups excluding carboxylic acids is 2. The van der Waals surface area contributed by atoms with Crippen molar-refractivity contribution < 1.29 is 14.3 Å². The van der Waals surface area contributed by atoms with Gasteiger partial charge in [0.15, 0.2) is 0 Å². The van der Waals surface area contributed by atoms with Crippen molar-refractivity contribution >= 4 is 35.0 Å². The highest BCUT2D eigenvalue weighted by molar-refractivity contribution is 7.99. The molecule has 0 spiro atoms. The van der Waals surface area contributed by atoms with Crippen LogP contribution in [-0.2, 0) is 4.79 Å². The Morgan fingerprint density at radius 1 is 0.943 bits per heavy atom. The van der Waals surface area contributed by atoms with Gasteiger partial charge in [-0.3, -0.25) is 9.59 Å². The first kappa shape index (κ1) is 24.0. The highest BCUT2D eigenvalue weighted by Gasteiger charge is 2.13. The Morgan fingerprint density at radius 3 is 2.34 bits per heavy atom. The van der Waals surface area contributed by atoms with Crippen molar-refractivity contribution in [2.24, 2.45) is 0 Å². The topological polar surface area (TPSA) is 111 Å². The summed E-state index contributed by atoms with van der Waals surface area (Å²) in [6.07, 6.45) is 0. The first-order valence-corrected chi connectivity index (χ1v) is 11.9. The van der Waals surface area contributed by atoms with Gasteiger partial charge >= 0.3 is 0 Å². The molecule has 1 heterocycles. The molecule has 0 saturated heterocycles. The van der Waals surface area contributed by atoms with Crippen LogP contribution >= 0.6 is 11.8 Å². The quantitative estimate of drug-likeness (QED) is 0.337. The van der Waals surface area contributed by atoms with Crippen LogP contribution < -0.4 is 15.4 Å². The Bertz CT molecular complexity index is 1310. The van der Waals surface area contributed by atoms with Crippen molar-refractivity contribution in [2.75, 3.05) is 23.0 Å². The van der Waals surface area contributed by atoms with Gasteiger partial charge < -0.3 is 15.4 Å². The molecule has 9 nitrogen and oxygen atoms in total. The van der Waals surface area contributed by atoms with Crippen LogP contribution in [0.25, 0.3) is 5.69 Å². The number of aryl methyl sites for hydroxylation is 1. The molecule has 2 N–H and O–H groups in total. The summed E-state index contributed by atoms with van der Waals surface area (Å²) in [5.41, 5.74) is 3.62. The van der Waals surface area contributed by atoms with E-state index in [1.807, 2.05) is 38.1 Å². The van der Waals surface area contributed by atoms with Gasteiger partial charge in [0.25, 0.3) is 5.91 Å². The third-order valence-corrected chi connectivity index (χ3v) is 5.89. The molecule has 10 heteroatoms. The number of amides is 2. The monoisotopic (exact) mass is 488 g/mol. The molecule has 0 saturated carbocycles. The normalized spacial score (nSPS) is 10.6. The number of hydrogen-bond acceptors (Lipinski definition) is 7. The minimum atomic E-state index is -0.245. The lowest BCUT2D eigenvalue weighted by Gasteiger charge is -2.09. The maximum atomic E-state index is 12.5. The molecule has 1 aromatic heterocycles. The number of rotatable bonds is 9. The number of hydrogen-bond donors (Lipinski definition) is 2. The van der Waals surface area contributed by atoms with E-state index >= 15 is 0 Å². The second kappa shape index (κ2) is 11.3. The molecule has 2 amide bonds. The maximum Gasteiger partial charge on any atom is 0.255 e. The largest absolute Gasteiger partial charge is 0.494 e. The number of thioether (sulfide) groups is 1. The Balaban J connectivity index is 1.30. The average Bonchev–Trinajstić information content (AvgIpc) is 3.33. The minimum absolute atomic E-state index is 0.131. The fourth-order valence-electron chi connectivity index (χ4n) is 3.26. The van der Waals surface area contributed by atoms with Gasteiger partial charge in [-0.2, -0.15) is 4.68 Å². The summed E-state index contributed by atoms with van der Waals surface area (Å²) in [6, 6.07) is 21.6. The van der Waals surface area contributed by atoms with E-state index in [9.17, 15) is 9.59 Å². The van der Waals surface area contributed by atoms with Crippen LogP contribution in [0.3, 0.4) is 0 Å². The summed E-state index contributed by atoms with van der Waals surface area (Å²) >= 11 is 1.24. The first-order chi connectivity index (χ1) is 17.0. The van der Waals surface area contributed by atoms with Gasteiger partial charge in [0.2, 0.25) is 11.1 Å². The van der Waals surface area contributed by atoms with Crippen LogP contribution in [0.15, 0.2) is 78.0 Å². The van der Waals surface area contributed by atoms with Crippen molar-refractivity contribution in [2.45, 2.75) is 19.0 Å². The Labute approximate surface area is 206 Å². The van der Waals surface area contributed by atoms with Crippen LogP contribution in [-0.4, -0.2) is 44.4 Å². The second-order valence-electron chi connectivity index (χ2n) is 7.49. The van der Waals surface area contributed by atoms with Gasteiger partial charge in [-0.15, -0.1) is 5.10 Å². The van der Waals surface area contributed by atoms with Crippen LogP contribution in [0.2, 0.25) is 0 Å². The highest BCUT2D eigenvalue weighted by Crippen LogP contribution is 2.21. The standard InChI is InChI=1S/C25H24N6O3S/c1-3-34-21-14-12-20(13-15-21)27-24(33)18-8-10-19(11-9-18)26-23(32)16-35-25-28-29-30-31(25)22-7-5-4-6-17(22)2/h4-15H,3,16H2,1-2H3,(H,26,32)(H,27,33). The molecule has 0 bridgehead atoms. The van der Waals surface area contributed by atoms with E-state index in [2.05, 4.69) is 26.2 Å². The molecule has 0 unspecified atom stereocenters. The van der Waals surface area contributed by atoms with E-state index in [4.69, 9.17) is 4.74 Å². The Kier molecular flexibility index (Phi) is 7.74. The summed E-state index contributed by atoms with van der Waals surface area (Å²) in [5.74, 6) is 0.425. The fourth-order valence-corrected chi connectivity index (χ4v) is 3.94. The molecule has 0 fully saturated rings. The summed E-state index contributed by atoms with van der Waals surface area (Å²) in [7, 11) is 0. The van der Waals surface area contributed by atoms with E-state index in [1.54, 1.807) is 53.2 Å². The van der Waals surface area contributed by atoms with Gasteiger partial charge in [0.05, 0.1) is 18.0 Å².